The van der Waals surface area contributed by atoms with Crippen LogP contribution < -0.4 is 14.2 Å². The molecule has 0 saturated carbocycles. The van der Waals surface area contributed by atoms with Gasteiger partial charge in [0.2, 0.25) is 0 Å². The number of hydrogen-bond donors (Lipinski definition) is 3. The number of allylic oxidation sites excluding steroid dienone is 2. The molecule has 1 unspecified atom stereocenters. The Labute approximate surface area is 370 Å². The molecular weight excluding hydrogens is 795 g/mol. The number of carbonyl (C=O) groups is 3. The average molecular weight is 852 g/mol. The van der Waals surface area contributed by atoms with E-state index in [1.165, 1.54) is 32.4 Å². The second kappa shape index (κ2) is 21.2. The van der Waals surface area contributed by atoms with E-state index < -0.39 is 28.9 Å². The van der Waals surface area contributed by atoms with Crippen LogP contribution in [-0.2, 0) is 25.4 Å². The highest BCUT2D eigenvalue weighted by atomic mass is 16.6. The number of methoxy groups -OCH3 is 2. The Hall–Kier alpha value is -6.33. The van der Waals surface area contributed by atoms with Crippen LogP contribution in [0.3, 0.4) is 0 Å². The fourth-order valence-electron chi connectivity index (χ4n) is 8.08. The molecule has 0 bridgehead atoms. The minimum Gasteiger partial charge on any atom is -0.504 e. The van der Waals surface area contributed by atoms with Gasteiger partial charge < -0.3 is 34.4 Å². The molecule has 1 aliphatic rings. The van der Waals surface area contributed by atoms with Crippen LogP contribution in [0.4, 0.5) is 0 Å². The van der Waals surface area contributed by atoms with Gasteiger partial charge in [-0.3, -0.25) is 14.4 Å². The van der Waals surface area contributed by atoms with Crippen molar-refractivity contribution in [2.24, 2.45) is 5.92 Å². The van der Waals surface area contributed by atoms with Gasteiger partial charge in [-0.2, -0.15) is 0 Å². The molecule has 3 N–H and O–H groups in total. The molecule has 1 atom stereocenters. The summed E-state index contributed by atoms with van der Waals surface area (Å²) in [6.07, 6.45) is 7.87. The first-order chi connectivity index (χ1) is 30.3. The van der Waals surface area contributed by atoms with E-state index >= 15 is 0 Å². The zero-order valence-electron chi connectivity index (χ0n) is 36.4. The predicted octanol–water partition coefficient (Wildman–Crippen LogP) is 9.01. The maximum Gasteiger partial charge on any atom is 0.321 e. The Morgan fingerprint density at radius 2 is 1.25 bits per heavy atom. The Kier molecular flexibility index (Phi) is 15.5. The molecule has 1 heterocycles. The third-order valence-electron chi connectivity index (χ3n) is 12.0. The number of likely N-dealkylation sites (tertiary alicyclic amines) is 1. The van der Waals surface area contributed by atoms with Gasteiger partial charge in [0.25, 0.3) is 0 Å². The van der Waals surface area contributed by atoms with Gasteiger partial charge in [-0.25, -0.2) is 0 Å². The molecule has 1 aliphatic heterocycles. The summed E-state index contributed by atoms with van der Waals surface area (Å²) in [6, 6.07) is 36.9. The van der Waals surface area contributed by atoms with E-state index in [2.05, 4.69) is 4.90 Å². The number of aliphatic hydroxyl groups is 2. The first-order valence-corrected chi connectivity index (χ1v) is 21.3. The summed E-state index contributed by atoms with van der Waals surface area (Å²) in [5.74, 6) is -0.432. The van der Waals surface area contributed by atoms with Crippen LogP contribution >= 0.6 is 0 Å². The van der Waals surface area contributed by atoms with Crippen LogP contribution in [0.25, 0.3) is 12.2 Å². The number of rotatable bonds is 19. The molecule has 0 amide bonds. The normalized spacial score (nSPS) is 14.4. The van der Waals surface area contributed by atoms with Gasteiger partial charge in [-0.1, -0.05) is 109 Å². The lowest BCUT2D eigenvalue weighted by atomic mass is 9.72. The van der Waals surface area contributed by atoms with E-state index in [9.17, 15) is 29.7 Å². The Morgan fingerprint density at radius 3 is 1.81 bits per heavy atom. The van der Waals surface area contributed by atoms with Crippen LogP contribution in [0.2, 0.25) is 0 Å². The SMILES string of the molecule is COc1cc(/C=C/C(=O)CC(=O)/C=C/c2ccc(OC(=O)C(C)(C)c3ccc(C(O)CCCN4CCC(C(O)(c5ccccc5)c5ccccc5)CC4)cc3)c(OC)c2)ccc1O. The smallest absolute Gasteiger partial charge is 0.321 e. The van der Waals surface area contributed by atoms with Crippen LogP contribution in [0.15, 0.2) is 133 Å². The molecule has 5 aromatic rings. The molecule has 0 radical (unpaired) electrons. The summed E-state index contributed by atoms with van der Waals surface area (Å²) >= 11 is 0. The number of nitrogens with zero attached hydrogens (tertiary/aromatic N) is 1. The van der Waals surface area contributed by atoms with Gasteiger partial charge in [0, 0.05) is 0 Å². The lowest BCUT2D eigenvalue weighted by Gasteiger charge is -2.42. The van der Waals surface area contributed by atoms with E-state index in [1.54, 1.807) is 56.3 Å². The molecule has 1 fully saturated rings. The lowest BCUT2D eigenvalue weighted by molar-refractivity contribution is -0.139. The zero-order valence-corrected chi connectivity index (χ0v) is 36.4. The first-order valence-electron chi connectivity index (χ1n) is 21.3. The highest BCUT2D eigenvalue weighted by molar-refractivity contribution is 6.10. The van der Waals surface area contributed by atoms with Crippen LogP contribution in [0.1, 0.15) is 85.4 Å². The minimum absolute atomic E-state index is 0.0159. The van der Waals surface area contributed by atoms with Crippen molar-refractivity contribution < 1.29 is 43.9 Å². The van der Waals surface area contributed by atoms with Crippen molar-refractivity contribution in [2.75, 3.05) is 33.9 Å². The van der Waals surface area contributed by atoms with E-state index in [4.69, 9.17) is 14.2 Å². The van der Waals surface area contributed by atoms with Crippen molar-refractivity contribution in [3.05, 3.63) is 167 Å². The monoisotopic (exact) mass is 851 g/mol. The fraction of sp³-hybridized carbons (Fsp3) is 0.302. The van der Waals surface area contributed by atoms with Crippen molar-refractivity contribution in [1.82, 2.24) is 4.90 Å². The molecular formula is C53H57NO9. The molecule has 0 aliphatic carbocycles. The van der Waals surface area contributed by atoms with Gasteiger partial charge in [-0.15, -0.1) is 0 Å². The summed E-state index contributed by atoms with van der Waals surface area (Å²) in [7, 11) is 2.88. The van der Waals surface area contributed by atoms with Crippen molar-refractivity contribution in [3.8, 4) is 23.0 Å². The van der Waals surface area contributed by atoms with Crippen LogP contribution in [0, 0.1) is 5.92 Å². The molecule has 6 rings (SSSR count). The summed E-state index contributed by atoms with van der Waals surface area (Å²) in [6.45, 7) is 6.16. The van der Waals surface area contributed by atoms with E-state index in [-0.39, 0.29) is 35.4 Å². The molecule has 5 aromatic carbocycles. The molecule has 0 aromatic heterocycles. The number of aliphatic hydroxyl groups excluding tert-OH is 1. The van der Waals surface area contributed by atoms with Crippen molar-refractivity contribution in [2.45, 2.75) is 63.1 Å². The van der Waals surface area contributed by atoms with Crippen molar-refractivity contribution in [3.63, 3.8) is 0 Å². The van der Waals surface area contributed by atoms with Crippen LogP contribution in [-0.4, -0.2) is 71.6 Å². The van der Waals surface area contributed by atoms with E-state index in [0.717, 1.165) is 61.2 Å². The number of benzene rings is 5. The maximum absolute atomic E-state index is 13.6. The highest BCUT2D eigenvalue weighted by Gasteiger charge is 2.41. The van der Waals surface area contributed by atoms with E-state index in [0.29, 0.717) is 23.3 Å². The number of carbonyl (C=O) groups excluding carboxylic acids is 3. The number of piperidine rings is 1. The molecule has 0 spiro atoms. The van der Waals surface area contributed by atoms with Crippen LogP contribution in [0.5, 0.6) is 23.0 Å². The quantitative estimate of drug-likeness (QED) is 0.0319. The fourth-order valence-corrected chi connectivity index (χ4v) is 8.08. The second-order valence-corrected chi connectivity index (χ2v) is 16.5. The maximum atomic E-state index is 13.6. The number of ketones is 2. The topological polar surface area (TPSA) is 143 Å². The molecule has 10 nitrogen and oxygen atoms in total. The first kappa shape index (κ1) is 46.2. The summed E-state index contributed by atoms with van der Waals surface area (Å²) in [5.41, 5.74) is 2.49. The largest absolute Gasteiger partial charge is 0.504 e. The van der Waals surface area contributed by atoms with Gasteiger partial charge in [0.05, 0.1) is 32.2 Å². The third-order valence-corrected chi connectivity index (χ3v) is 12.0. The average Bonchev–Trinajstić information content (AvgIpc) is 3.31. The molecule has 1 saturated heterocycles. The number of esters is 1. The van der Waals surface area contributed by atoms with Gasteiger partial charge in [0.1, 0.15) is 5.60 Å². The standard InChI is InChI=1S/C53H57NO9/c1-52(2,51(59)63-48-28-20-38(35-50(48)62-4)18-26-45(56)36-44(55)25-17-37-19-27-47(58)49(34-37)61-3)40-23-21-39(22-24-40)46(57)16-11-31-54-32-29-43(30-33-54)53(60,41-12-7-5-8-13-41)42-14-9-6-10-15-42/h5-10,12-15,17-28,34-35,43,46,57-58,60H,11,16,29-33,36H2,1-4H3/b25-17+,26-18+. The van der Waals surface area contributed by atoms with Gasteiger partial charge in [0.15, 0.2) is 34.6 Å². The molecule has 63 heavy (non-hydrogen) atoms. The highest BCUT2D eigenvalue weighted by Crippen LogP contribution is 2.42. The van der Waals surface area contributed by atoms with Gasteiger partial charge >= 0.3 is 5.97 Å². The Bertz CT molecular complexity index is 2340. The number of hydrogen-bond acceptors (Lipinski definition) is 10. The van der Waals surface area contributed by atoms with E-state index in [1.807, 2.05) is 84.9 Å². The predicted molar refractivity (Wildman–Crippen MR) is 245 cm³/mol. The lowest BCUT2D eigenvalue weighted by Crippen LogP contribution is -2.44. The van der Waals surface area contributed by atoms with Crippen molar-refractivity contribution >= 4 is 29.7 Å². The number of aromatic hydroxyl groups is 1. The third kappa shape index (κ3) is 11.6. The summed E-state index contributed by atoms with van der Waals surface area (Å²) in [4.78, 5) is 40.9. The van der Waals surface area contributed by atoms with Crippen molar-refractivity contribution in [1.29, 1.82) is 0 Å². The summed E-state index contributed by atoms with van der Waals surface area (Å²) in [5, 5.41) is 33.1. The second-order valence-electron chi connectivity index (χ2n) is 16.5. The molecule has 328 valence electrons. The van der Waals surface area contributed by atoms with Gasteiger partial charge in [-0.05, 0) is 135 Å². The Balaban J connectivity index is 0.968. The Morgan fingerprint density at radius 1 is 0.714 bits per heavy atom. The number of phenolic OH excluding ortho intramolecular Hbond substituents is 1. The number of phenols is 1. The summed E-state index contributed by atoms with van der Waals surface area (Å²) < 4.78 is 16.4. The zero-order chi connectivity index (χ0) is 45.0. The number of ether oxygens (including phenoxy) is 3. The molecule has 10 heteroatoms. The minimum atomic E-state index is -1.05.